The van der Waals surface area contributed by atoms with Gasteiger partial charge in [-0.3, -0.25) is 9.69 Å². The molecule has 4 heteroatoms. The molecular weight excluding hydrogens is 218 g/mol. The first-order chi connectivity index (χ1) is 8.19. The number of carboxylic acids is 1. The van der Waals surface area contributed by atoms with E-state index < -0.39 is 5.97 Å². The molecule has 1 aromatic rings. The first-order valence-electron chi connectivity index (χ1n) is 5.77. The average molecular weight is 235 g/mol. The summed E-state index contributed by atoms with van der Waals surface area (Å²) in [6, 6.07) is 7.90. The molecule has 2 rings (SSSR count). The zero-order valence-electron chi connectivity index (χ0n) is 9.93. The Bertz CT molecular complexity index is 388. The van der Waals surface area contributed by atoms with Gasteiger partial charge in [0.15, 0.2) is 0 Å². The maximum absolute atomic E-state index is 10.8. The number of ether oxygens (including phenoxy) is 1. The highest BCUT2D eigenvalue weighted by molar-refractivity contribution is 5.70. The lowest BCUT2D eigenvalue weighted by Gasteiger charge is -2.15. The molecule has 0 bridgehead atoms. The summed E-state index contributed by atoms with van der Waals surface area (Å²) in [5.74, 6) is -0.0333. The van der Waals surface area contributed by atoms with Crippen molar-refractivity contribution in [3.05, 3.63) is 29.8 Å². The molecule has 17 heavy (non-hydrogen) atoms. The van der Waals surface area contributed by atoms with Crippen molar-refractivity contribution in [1.82, 2.24) is 4.90 Å². The monoisotopic (exact) mass is 235 g/mol. The van der Waals surface area contributed by atoms with Crippen LogP contribution < -0.4 is 4.74 Å². The SMILES string of the molecule is COc1ccc(CN2CC[C@@H](C(=O)O)C2)cc1. The minimum atomic E-state index is -0.678. The molecule has 1 heterocycles. The summed E-state index contributed by atoms with van der Waals surface area (Å²) in [7, 11) is 1.65. The second-order valence-electron chi connectivity index (χ2n) is 4.41. The van der Waals surface area contributed by atoms with E-state index in [0.717, 1.165) is 25.3 Å². The summed E-state index contributed by atoms with van der Waals surface area (Å²) >= 11 is 0. The molecule has 0 saturated carbocycles. The molecule has 0 aliphatic carbocycles. The van der Waals surface area contributed by atoms with Crippen LogP contribution in [0.5, 0.6) is 5.75 Å². The van der Waals surface area contributed by atoms with E-state index in [-0.39, 0.29) is 5.92 Å². The van der Waals surface area contributed by atoms with Crippen molar-refractivity contribution in [3.63, 3.8) is 0 Å². The van der Waals surface area contributed by atoms with Gasteiger partial charge >= 0.3 is 5.97 Å². The molecule has 0 aromatic heterocycles. The third-order valence-corrected chi connectivity index (χ3v) is 3.19. The maximum Gasteiger partial charge on any atom is 0.307 e. The van der Waals surface area contributed by atoms with Crippen molar-refractivity contribution in [2.24, 2.45) is 5.92 Å². The first-order valence-corrected chi connectivity index (χ1v) is 5.77. The normalized spacial score (nSPS) is 20.4. The quantitative estimate of drug-likeness (QED) is 0.861. The van der Waals surface area contributed by atoms with Gasteiger partial charge in [0.1, 0.15) is 5.75 Å². The molecule has 1 saturated heterocycles. The largest absolute Gasteiger partial charge is 0.497 e. The van der Waals surface area contributed by atoms with Gasteiger partial charge in [-0.2, -0.15) is 0 Å². The number of rotatable bonds is 4. The Morgan fingerprint density at radius 3 is 2.71 bits per heavy atom. The fraction of sp³-hybridized carbons (Fsp3) is 0.462. The lowest BCUT2D eigenvalue weighted by Crippen LogP contribution is -2.22. The van der Waals surface area contributed by atoms with E-state index in [2.05, 4.69) is 4.90 Å². The van der Waals surface area contributed by atoms with Gasteiger partial charge < -0.3 is 9.84 Å². The Hall–Kier alpha value is -1.55. The summed E-state index contributed by atoms with van der Waals surface area (Å²) in [5, 5.41) is 8.92. The first kappa shape index (κ1) is 11.9. The van der Waals surface area contributed by atoms with Crippen LogP contribution in [-0.2, 0) is 11.3 Å². The highest BCUT2D eigenvalue weighted by Gasteiger charge is 2.27. The van der Waals surface area contributed by atoms with Gasteiger partial charge in [-0.1, -0.05) is 12.1 Å². The van der Waals surface area contributed by atoms with Crippen LogP contribution in [0.2, 0.25) is 0 Å². The minimum Gasteiger partial charge on any atom is -0.497 e. The third kappa shape index (κ3) is 2.97. The molecule has 1 N–H and O–H groups in total. The minimum absolute atomic E-state index is 0.201. The highest BCUT2D eigenvalue weighted by Crippen LogP contribution is 2.20. The van der Waals surface area contributed by atoms with Crippen LogP contribution in [0.3, 0.4) is 0 Å². The van der Waals surface area contributed by atoms with Crippen LogP contribution in [0.25, 0.3) is 0 Å². The van der Waals surface area contributed by atoms with Crippen molar-refractivity contribution in [1.29, 1.82) is 0 Å². The van der Waals surface area contributed by atoms with Gasteiger partial charge in [0.05, 0.1) is 13.0 Å². The van der Waals surface area contributed by atoms with Gasteiger partial charge in [0.2, 0.25) is 0 Å². The zero-order valence-corrected chi connectivity index (χ0v) is 9.93. The van der Waals surface area contributed by atoms with Crippen molar-refractivity contribution in [2.75, 3.05) is 20.2 Å². The van der Waals surface area contributed by atoms with Crippen LogP contribution in [0, 0.1) is 5.92 Å². The van der Waals surface area contributed by atoms with E-state index in [4.69, 9.17) is 9.84 Å². The molecule has 1 fully saturated rings. The van der Waals surface area contributed by atoms with Crippen LogP contribution in [0.15, 0.2) is 24.3 Å². The number of methoxy groups -OCH3 is 1. The van der Waals surface area contributed by atoms with Crippen molar-refractivity contribution in [2.45, 2.75) is 13.0 Å². The molecule has 0 unspecified atom stereocenters. The highest BCUT2D eigenvalue weighted by atomic mass is 16.5. The van der Waals surface area contributed by atoms with Crippen molar-refractivity contribution >= 4 is 5.97 Å². The van der Waals surface area contributed by atoms with Crippen LogP contribution in [0.1, 0.15) is 12.0 Å². The number of carboxylic acid groups (broad SMARTS) is 1. The molecule has 92 valence electrons. The molecule has 1 atom stereocenters. The van der Waals surface area contributed by atoms with Gasteiger partial charge in [0, 0.05) is 13.1 Å². The van der Waals surface area contributed by atoms with Crippen LogP contribution in [0.4, 0.5) is 0 Å². The zero-order chi connectivity index (χ0) is 12.3. The van der Waals surface area contributed by atoms with Crippen LogP contribution >= 0.6 is 0 Å². The van der Waals surface area contributed by atoms with E-state index in [1.54, 1.807) is 7.11 Å². The van der Waals surface area contributed by atoms with Crippen molar-refractivity contribution < 1.29 is 14.6 Å². The molecule has 0 spiro atoms. The Balaban J connectivity index is 1.91. The Morgan fingerprint density at radius 1 is 1.47 bits per heavy atom. The third-order valence-electron chi connectivity index (χ3n) is 3.19. The molecule has 0 amide bonds. The molecule has 1 aliphatic heterocycles. The van der Waals surface area contributed by atoms with E-state index >= 15 is 0 Å². The smallest absolute Gasteiger partial charge is 0.307 e. The number of carbonyl (C=O) groups is 1. The lowest BCUT2D eigenvalue weighted by molar-refractivity contribution is -0.141. The molecule has 4 nitrogen and oxygen atoms in total. The second kappa shape index (κ2) is 5.19. The van der Waals surface area contributed by atoms with E-state index in [9.17, 15) is 4.79 Å². The number of likely N-dealkylation sites (tertiary alicyclic amines) is 1. The van der Waals surface area contributed by atoms with Crippen molar-refractivity contribution in [3.8, 4) is 5.75 Å². The molecule has 1 aromatic carbocycles. The standard InChI is InChI=1S/C13H17NO3/c1-17-12-4-2-10(3-5-12)8-14-7-6-11(9-14)13(15)16/h2-5,11H,6-9H2,1H3,(H,15,16)/t11-/m1/s1. The van der Waals surface area contributed by atoms with Gasteiger partial charge in [-0.05, 0) is 30.7 Å². The van der Waals surface area contributed by atoms with E-state index in [0.29, 0.717) is 6.54 Å². The second-order valence-corrected chi connectivity index (χ2v) is 4.41. The fourth-order valence-corrected chi connectivity index (χ4v) is 2.17. The van der Waals surface area contributed by atoms with Gasteiger partial charge in [-0.25, -0.2) is 0 Å². The van der Waals surface area contributed by atoms with E-state index in [1.165, 1.54) is 5.56 Å². The average Bonchev–Trinajstić information content (AvgIpc) is 2.79. The number of hydrogen-bond acceptors (Lipinski definition) is 3. The number of aliphatic carboxylic acids is 1. The Kier molecular flexibility index (Phi) is 3.64. The fourth-order valence-electron chi connectivity index (χ4n) is 2.17. The predicted octanol–water partition coefficient (Wildman–Crippen LogP) is 1.60. The summed E-state index contributed by atoms with van der Waals surface area (Å²) in [6.07, 6.45) is 0.755. The number of hydrogen-bond donors (Lipinski definition) is 1. The summed E-state index contributed by atoms with van der Waals surface area (Å²) in [4.78, 5) is 13.0. The molecule has 1 aliphatic rings. The van der Waals surface area contributed by atoms with Gasteiger partial charge in [-0.15, -0.1) is 0 Å². The Labute approximate surface area is 101 Å². The molecule has 0 radical (unpaired) electrons. The van der Waals surface area contributed by atoms with E-state index in [1.807, 2.05) is 24.3 Å². The summed E-state index contributed by atoms with van der Waals surface area (Å²) in [5.41, 5.74) is 1.19. The summed E-state index contributed by atoms with van der Waals surface area (Å²) < 4.78 is 5.10. The van der Waals surface area contributed by atoms with Crippen LogP contribution in [-0.4, -0.2) is 36.2 Å². The number of nitrogens with zero attached hydrogens (tertiary/aromatic N) is 1. The number of benzene rings is 1. The lowest BCUT2D eigenvalue weighted by atomic mass is 10.1. The predicted molar refractivity (Wildman–Crippen MR) is 64.0 cm³/mol. The summed E-state index contributed by atoms with van der Waals surface area (Å²) in [6.45, 7) is 2.33. The molecular formula is C13H17NO3. The van der Waals surface area contributed by atoms with Gasteiger partial charge in [0.25, 0.3) is 0 Å². The maximum atomic E-state index is 10.8. The Morgan fingerprint density at radius 2 is 2.18 bits per heavy atom. The topological polar surface area (TPSA) is 49.8 Å².